The molecule has 0 amide bonds. The summed E-state index contributed by atoms with van der Waals surface area (Å²) in [6.45, 7) is 2.45. The number of ether oxygens (including phenoxy) is 2. The fourth-order valence-electron chi connectivity index (χ4n) is 2.00. The molecule has 1 aromatic carbocycles. The number of aliphatic carboxylic acids is 1. The van der Waals surface area contributed by atoms with Crippen molar-refractivity contribution in [1.29, 1.82) is 0 Å². The monoisotopic (exact) mass is 250 g/mol. The zero-order valence-corrected chi connectivity index (χ0v) is 9.96. The molecule has 0 aromatic heterocycles. The van der Waals surface area contributed by atoms with Crippen LogP contribution < -0.4 is 4.74 Å². The van der Waals surface area contributed by atoms with Gasteiger partial charge in [0.05, 0.1) is 13.0 Å². The van der Waals surface area contributed by atoms with Crippen molar-refractivity contribution in [1.82, 2.24) is 0 Å². The second kappa shape index (κ2) is 5.08. The van der Waals surface area contributed by atoms with E-state index in [1.807, 2.05) is 6.92 Å². The average molecular weight is 250 g/mol. The van der Waals surface area contributed by atoms with Crippen LogP contribution in [0.4, 0.5) is 0 Å². The summed E-state index contributed by atoms with van der Waals surface area (Å²) in [5, 5.41) is 9.04. The number of carboxylic acids is 1. The summed E-state index contributed by atoms with van der Waals surface area (Å²) in [6, 6.07) is 6.93. The van der Waals surface area contributed by atoms with Gasteiger partial charge in [-0.25, -0.2) is 0 Å². The van der Waals surface area contributed by atoms with Gasteiger partial charge in [0.1, 0.15) is 17.8 Å². The molecule has 0 spiro atoms. The highest BCUT2D eigenvalue weighted by atomic mass is 16.6. The zero-order chi connectivity index (χ0) is 13.1. The number of carboxylic acid groups (broad SMARTS) is 1. The van der Waals surface area contributed by atoms with Crippen LogP contribution in [0.15, 0.2) is 24.3 Å². The summed E-state index contributed by atoms with van der Waals surface area (Å²) in [5.74, 6) is -1.59. The first kappa shape index (κ1) is 12.4. The van der Waals surface area contributed by atoms with Crippen LogP contribution in [0.2, 0.25) is 0 Å². The van der Waals surface area contributed by atoms with Gasteiger partial charge in [0.2, 0.25) is 0 Å². The van der Waals surface area contributed by atoms with Crippen molar-refractivity contribution in [2.45, 2.75) is 19.4 Å². The van der Waals surface area contributed by atoms with Gasteiger partial charge < -0.3 is 14.6 Å². The van der Waals surface area contributed by atoms with E-state index in [2.05, 4.69) is 0 Å². The van der Waals surface area contributed by atoms with Crippen LogP contribution in [0.3, 0.4) is 0 Å². The first-order chi connectivity index (χ1) is 8.61. The number of rotatable bonds is 4. The van der Waals surface area contributed by atoms with Crippen LogP contribution in [0, 0.1) is 5.92 Å². The lowest BCUT2D eigenvalue weighted by Crippen LogP contribution is -2.17. The predicted octanol–water partition coefficient (Wildman–Crippen LogP) is 1.77. The molecule has 5 heteroatoms. The highest BCUT2D eigenvalue weighted by molar-refractivity contribution is 5.82. The summed E-state index contributed by atoms with van der Waals surface area (Å²) in [5.41, 5.74) is 0.678. The summed E-state index contributed by atoms with van der Waals surface area (Å²) in [6.07, 6.45) is -0.779. The van der Waals surface area contributed by atoms with Gasteiger partial charge in [0, 0.05) is 0 Å². The molecular weight excluding hydrogens is 236 g/mol. The highest BCUT2D eigenvalue weighted by Gasteiger charge is 2.40. The summed E-state index contributed by atoms with van der Waals surface area (Å²) < 4.78 is 10.4. The maximum absolute atomic E-state index is 11.2. The molecule has 18 heavy (non-hydrogen) atoms. The molecule has 0 radical (unpaired) electrons. The molecule has 2 atom stereocenters. The zero-order valence-electron chi connectivity index (χ0n) is 9.96. The number of esters is 1. The van der Waals surface area contributed by atoms with E-state index in [-0.39, 0.29) is 6.42 Å². The van der Waals surface area contributed by atoms with Gasteiger partial charge in [0.15, 0.2) is 0 Å². The number of carbonyl (C=O) groups excluding carboxylic acids is 1. The third-order valence-electron chi connectivity index (χ3n) is 2.85. The van der Waals surface area contributed by atoms with Crippen LogP contribution in [0.1, 0.15) is 25.0 Å². The normalized spacial score (nSPS) is 22.6. The Hall–Kier alpha value is -2.04. The topological polar surface area (TPSA) is 72.8 Å². The minimum Gasteiger partial charge on any atom is -0.494 e. The maximum Gasteiger partial charge on any atom is 0.311 e. The molecule has 0 unspecified atom stereocenters. The third kappa shape index (κ3) is 2.45. The molecule has 0 saturated carbocycles. The van der Waals surface area contributed by atoms with Crippen molar-refractivity contribution in [2.75, 3.05) is 6.61 Å². The second-order valence-corrected chi connectivity index (χ2v) is 4.06. The third-order valence-corrected chi connectivity index (χ3v) is 2.85. The lowest BCUT2D eigenvalue weighted by Gasteiger charge is -2.14. The molecule has 5 nitrogen and oxygen atoms in total. The molecular formula is C13H14O5. The van der Waals surface area contributed by atoms with Crippen molar-refractivity contribution in [3.05, 3.63) is 29.8 Å². The SMILES string of the molecule is CCOc1ccc([C@@H]2OC(=O)C[C@@H]2C(=O)O)cc1. The molecule has 1 saturated heterocycles. The molecule has 1 fully saturated rings. The Labute approximate surface area is 104 Å². The standard InChI is InChI=1S/C13H14O5/c1-2-17-9-5-3-8(4-6-9)12-10(13(15)16)7-11(14)18-12/h3-6,10,12H,2,7H2,1H3,(H,15,16)/t10-,12-/m0/s1. The largest absolute Gasteiger partial charge is 0.494 e. The van der Waals surface area contributed by atoms with Crippen LogP contribution in [0.5, 0.6) is 5.75 Å². The highest BCUT2D eigenvalue weighted by Crippen LogP contribution is 2.36. The molecule has 0 bridgehead atoms. The van der Waals surface area contributed by atoms with Gasteiger partial charge in [-0.05, 0) is 24.6 Å². The molecule has 1 aromatic rings. The Balaban J connectivity index is 2.19. The van der Waals surface area contributed by atoms with Crippen LogP contribution >= 0.6 is 0 Å². The smallest absolute Gasteiger partial charge is 0.311 e. The second-order valence-electron chi connectivity index (χ2n) is 4.06. The van der Waals surface area contributed by atoms with Crippen LogP contribution in [-0.2, 0) is 14.3 Å². The van der Waals surface area contributed by atoms with Gasteiger partial charge in [-0.1, -0.05) is 12.1 Å². The Morgan fingerprint density at radius 3 is 2.67 bits per heavy atom. The minimum atomic E-state index is -1.01. The lowest BCUT2D eigenvalue weighted by molar-refractivity contribution is -0.144. The first-order valence-electron chi connectivity index (χ1n) is 5.77. The number of hydrogen-bond acceptors (Lipinski definition) is 4. The van der Waals surface area contributed by atoms with E-state index < -0.39 is 24.0 Å². The van der Waals surface area contributed by atoms with Crippen molar-refractivity contribution in [3.63, 3.8) is 0 Å². The summed E-state index contributed by atoms with van der Waals surface area (Å²) in [4.78, 5) is 22.2. The molecule has 1 aliphatic heterocycles. The van der Waals surface area contributed by atoms with Crippen LogP contribution in [0.25, 0.3) is 0 Å². The van der Waals surface area contributed by atoms with E-state index in [0.29, 0.717) is 17.9 Å². The van der Waals surface area contributed by atoms with E-state index >= 15 is 0 Å². The fourth-order valence-corrected chi connectivity index (χ4v) is 2.00. The molecule has 1 N–H and O–H groups in total. The average Bonchev–Trinajstić information content (AvgIpc) is 2.73. The van der Waals surface area contributed by atoms with Gasteiger partial charge in [-0.3, -0.25) is 9.59 Å². The van der Waals surface area contributed by atoms with E-state index in [4.69, 9.17) is 14.6 Å². The summed E-state index contributed by atoms with van der Waals surface area (Å²) >= 11 is 0. The van der Waals surface area contributed by atoms with E-state index in [1.165, 1.54) is 0 Å². The quantitative estimate of drug-likeness (QED) is 0.824. The molecule has 96 valence electrons. The molecule has 2 rings (SSSR count). The molecule has 1 heterocycles. The molecule has 1 aliphatic rings. The van der Waals surface area contributed by atoms with Crippen molar-refractivity contribution >= 4 is 11.9 Å². The van der Waals surface area contributed by atoms with Crippen LogP contribution in [-0.4, -0.2) is 23.7 Å². The number of benzene rings is 1. The number of cyclic esters (lactones) is 1. The Kier molecular flexibility index (Phi) is 3.50. The van der Waals surface area contributed by atoms with Crippen molar-refractivity contribution < 1.29 is 24.2 Å². The van der Waals surface area contributed by atoms with Crippen molar-refractivity contribution in [3.8, 4) is 5.75 Å². The van der Waals surface area contributed by atoms with Gasteiger partial charge >= 0.3 is 11.9 Å². The maximum atomic E-state index is 11.2. The molecule has 0 aliphatic carbocycles. The van der Waals surface area contributed by atoms with E-state index in [0.717, 1.165) is 0 Å². The number of hydrogen-bond donors (Lipinski definition) is 1. The minimum absolute atomic E-state index is 0.0762. The van der Waals surface area contributed by atoms with Crippen molar-refractivity contribution in [2.24, 2.45) is 5.92 Å². The first-order valence-corrected chi connectivity index (χ1v) is 5.77. The van der Waals surface area contributed by atoms with E-state index in [9.17, 15) is 9.59 Å². The summed E-state index contributed by atoms with van der Waals surface area (Å²) in [7, 11) is 0. The lowest BCUT2D eigenvalue weighted by atomic mass is 9.95. The van der Waals surface area contributed by atoms with E-state index in [1.54, 1.807) is 24.3 Å². The Morgan fingerprint density at radius 2 is 2.11 bits per heavy atom. The fraction of sp³-hybridized carbons (Fsp3) is 0.385. The predicted molar refractivity (Wildman–Crippen MR) is 62.2 cm³/mol. The van der Waals surface area contributed by atoms with Gasteiger partial charge in [-0.2, -0.15) is 0 Å². The Bertz CT molecular complexity index is 451. The van der Waals surface area contributed by atoms with Gasteiger partial charge in [0.25, 0.3) is 0 Å². The van der Waals surface area contributed by atoms with Gasteiger partial charge in [-0.15, -0.1) is 0 Å². The number of carbonyl (C=O) groups is 2. The Morgan fingerprint density at radius 1 is 1.44 bits per heavy atom.